The van der Waals surface area contributed by atoms with Crippen LogP contribution in [0, 0.1) is 11.8 Å². The van der Waals surface area contributed by atoms with E-state index in [0.29, 0.717) is 19.4 Å². The van der Waals surface area contributed by atoms with Gasteiger partial charge in [0, 0.05) is 31.5 Å². The van der Waals surface area contributed by atoms with Crippen molar-refractivity contribution in [2.24, 2.45) is 11.8 Å². The lowest BCUT2D eigenvalue weighted by molar-refractivity contribution is -0.142. The van der Waals surface area contributed by atoms with Gasteiger partial charge in [-0.1, -0.05) is 6.92 Å². The van der Waals surface area contributed by atoms with E-state index in [-0.39, 0.29) is 23.9 Å². The fraction of sp³-hybridized carbons (Fsp3) is 0.667. The summed E-state index contributed by atoms with van der Waals surface area (Å²) >= 11 is 0. The Morgan fingerprint density at radius 1 is 1.36 bits per heavy atom. The average molecular weight is 308 g/mol. The lowest BCUT2D eigenvalue weighted by Gasteiger charge is -2.27. The molecule has 1 saturated carbocycles. The molecule has 1 fully saturated rings. The molecule has 2 amide bonds. The van der Waals surface area contributed by atoms with E-state index in [1.807, 2.05) is 16.9 Å². The van der Waals surface area contributed by atoms with Crippen LogP contribution in [0.4, 0.5) is 4.79 Å². The quantitative estimate of drug-likeness (QED) is 0.741. The molecule has 7 heteroatoms. The number of nitrogens with zero attached hydrogens (tertiary/aromatic N) is 2. The van der Waals surface area contributed by atoms with Crippen LogP contribution >= 0.6 is 0 Å². The second-order valence-corrected chi connectivity index (χ2v) is 6.07. The largest absolute Gasteiger partial charge is 0.481 e. The standard InChI is InChI=1S/C15H24N4O3/c1-11(10-19-8-2-7-17-19)9-16-15(22)18-13-5-3-12(4-6-13)14(20)21/h2,7-8,11-13H,3-6,9-10H2,1H3,(H,20,21)(H2,16,18,22). The fourth-order valence-electron chi connectivity index (χ4n) is 2.78. The molecule has 0 aromatic carbocycles. The minimum Gasteiger partial charge on any atom is -0.481 e. The Hall–Kier alpha value is -2.05. The van der Waals surface area contributed by atoms with Crippen LogP contribution < -0.4 is 10.6 Å². The van der Waals surface area contributed by atoms with Crippen LogP contribution in [0.2, 0.25) is 0 Å². The van der Waals surface area contributed by atoms with Crippen molar-refractivity contribution in [2.75, 3.05) is 6.54 Å². The van der Waals surface area contributed by atoms with Crippen LogP contribution in [-0.2, 0) is 11.3 Å². The van der Waals surface area contributed by atoms with Crippen molar-refractivity contribution >= 4 is 12.0 Å². The van der Waals surface area contributed by atoms with Crippen LogP contribution in [0.1, 0.15) is 32.6 Å². The van der Waals surface area contributed by atoms with E-state index < -0.39 is 5.97 Å². The Morgan fingerprint density at radius 2 is 2.09 bits per heavy atom. The Morgan fingerprint density at radius 3 is 2.68 bits per heavy atom. The van der Waals surface area contributed by atoms with Crippen molar-refractivity contribution in [3.05, 3.63) is 18.5 Å². The van der Waals surface area contributed by atoms with Gasteiger partial charge in [-0.25, -0.2) is 4.79 Å². The van der Waals surface area contributed by atoms with Crippen molar-refractivity contribution in [3.63, 3.8) is 0 Å². The summed E-state index contributed by atoms with van der Waals surface area (Å²) in [6.07, 6.45) is 6.37. The Kier molecular flexibility index (Phi) is 5.80. The first-order valence-electron chi connectivity index (χ1n) is 7.79. The van der Waals surface area contributed by atoms with Gasteiger partial charge in [-0.15, -0.1) is 0 Å². The summed E-state index contributed by atoms with van der Waals surface area (Å²) in [5.74, 6) is -0.695. The predicted octanol–water partition coefficient (Wildman–Crippen LogP) is 1.46. The van der Waals surface area contributed by atoms with Gasteiger partial charge < -0.3 is 15.7 Å². The van der Waals surface area contributed by atoms with E-state index in [1.165, 1.54) is 0 Å². The van der Waals surface area contributed by atoms with Gasteiger partial charge in [-0.3, -0.25) is 9.48 Å². The van der Waals surface area contributed by atoms with Gasteiger partial charge in [0.1, 0.15) is 0 Å². The number of urea groups is 1. The summed E-state index contributed by atoms with van der Waals surface area (Å²) in [6.45, 7) is 3.40. The third kappa shape index (κ3) is 5.05. The van der Waals surface area contributed by atoms with Crippen molar-refractivity contribution in [1.29, 1.82) is 0 Å². The zero-order chi connectivity index (χ0) is 15.9. The van der Waals surface area contributed by atoms with Crippen LogP contribution in [0.15, 0.2) is 18.5 Å². The number of aliphatic carboxylic acids is 1. The highest BCUT2D eigenvalue weighted by atomic mass is 16.4. The van der Waals surface area contributed by atoms with E-state index in [9.17, 15) is 9.59 Å². The number of nitrogens with one attached hydrogen (secondary N) is 2. The SMILES string of the molecule is CC(CNC(=O)NC1CCC(C(=O)O)CC1)Cn1cccn1. The van der Waals surface area contributed by atoms with Crippen molar-refractivity contribution < 1.29 is 14.7 Å². The number of carbonyl (C=O) groups excluding carboxylic acids is 1. The first-order chi connectivity index (χ1) is 10.5. The molecule has 1 unspecified atom stereocenters. The first-order valence-corrected chi connectivity index (χ1v) is 7.79. The summed E-state index contributed by atoms with van der Waals surface area (Å²) in [5.41, 5.74) is 0. The zero-order valence-electron chi connectivity index (χ0n) is 12.9. The molecule has 1 aliphatic carbocycles. The van der Waals surface area contributed by atoms with E-state index in [4.69, 9.17) is 5.11 Å². The molecular weight excluding hydrogens is 284 g/mol. The summed E-state index contributed by atoms with van der Waals surface area (Å²) in [4.78, 5) is 22.8. The number of aromatic nitrogens is 2. The second kappa shape index (κ2) is 7.82. The van der Waals surface area contributed by atoms with Crippen LogP contribution in [0.5, 0.6) is 0 Å². The molecule has 0 spiro atoms. The molecule has 1 aromatic heterocycles. The first kappa shape index (κ1) is 16.3. The molecule has 1 aromatic rings. The van der Waals surface area contributed by atoms with Gasteiger partial charge in [-0.2, -0.15) is 5.10 Å². The maximum Gasteiger partial charge on any atom is 0.315 e. The molecule has 0 radical (unpaired) electrons. The molecule has 122 valence electrons. The summed E-state index contributed by atoms with van der Waals surface area (Å²) in [7, 11) is 0. The number of carbonyl (C=O) groups is 2. The van der Waals surface area contributed by atoms with Gasteiger partial charge >= 0.3 is 12.0 Å². The monoisotopic (exact) mass is 308 g/mol. The van der Waals surface area contributed by atoms with Crippen molar-refractivity contribution in [3.8, 4) is 0 Å². The molecule has 0 saturated heterocycles. The molecule has 7 nitrogen and oxygen atoms in total. The van der Waals surface area contributed by atoms with Gasteiger partial charge in [-0.05, 0) is 37.7 Å². The van der Waals surface area contributed by atoms with Gasteiger partial charge in [0.15, 0.2) is 0 Å². The van der Waals surface area contributed by atoms with E-state index in [0.717, 1.165) is 19.4 Å². The number of carboxylic acid groups (broad SMARTS) is 1. The summed E-state index contributed by atoms with van der Waals surface area (Å²) in [6, 6.07) is 1.78. The molecule has 3 N–H and O–H groups in total. The summed E-state index contributed by atoms with van der Waals surface area (Å²) in [5, 5.41) is 18.9. The normalized spacial score (nSPS) is 22.8. The lowest BCUT2D eigenvalue weighted by atomic mass is 9.86. The molecule has 1 heterocycles. The highest BCUT2D eigenvalue weighted by Gasteiger charge is 2.26. The third-order valence-electron chi connectivity index (χ3n) is 4.08. The predicted molar refractivity (Wildman–Crippen MR) is 81.3 cm³/mol. The number of rotatable bonds is 6. The number of hydrogen-bond donors (Lipinski definition) is 3. The van der Waals surface area contributed by atoms with E-state index in [1.54, 1.807) is 6.20 Å². The van der Waals surface area contributed by atoms with Crippen LogP contribution in [-0.4, -0.2) is 39.5 Å². The van der Waals surface area contributed by atoms with E-state index in [2.05, 4.69) is 22.7 Å². The Balaban J connectivity index is 1.63. The van der Waals surface area contributed by atoms with Gasteiger partial charge in [0.25, 0.3) is 0 Å². The molecule has 2 rings (SSSR count). The van der Waals surface area contributed by atoms with Crippen LogP contribution in [0.3, 0.4) is 0 Å². The minimum absolute atomic E-state index is 0.0806. The number of hydrogen-bond acceptors (Lipinski definition) is 3. The Labute approximate surface area is 130 Å². The highest BCUT2D eigenvalue weighted by Crippen LogP contribution is 2.24. The second-order valence-electron chi connectivity index (χ2n) is 6.07. The number of carboxylic acids is 1. The topological polar surface area (TPSA) is 96.3 Å². The maximum atomic E-state index is 11.9. The Bertz CT molecular complexity index is 481. The van der Waals surface area contributed by atoms with Gasteiger partial charge in [0.2, 0.25) is 0 Å². The molecule has 1 aliphatic rings. The van der Waals surface area contributed by atoms with Crippen molar-refractivity contribution in [2.45, 2.75) is 45.2 Å². The fourth-order valence-corrected chi connectivity index (χ4v) is 2.78. The maximum absolute atomic E-state index is 11.9. The number of amides is 2. The zero-order valence-corrected chi connectivity index (χ0v) is 12.9. The molecular formula is C15H24N4O3. The highest BCUT2D eigenvalue weighted by molar-refractivity contribution is 5.74. The third-order valence-corrected chi connectivity index (χ3v) is 4.08. The smallest absolute Gasteiger partial charge is 0.315 e. The van der Waals surface area contributed by atoms with Crippen molar-refractivity contribution in [1.82, 2.24) is 20.4 Å². The molecule has 1 atom stereocenters. The van der Waals surface area contributed by atoms with Crippen LogP contribution in [0.25, 0.3) is 0 Å². The molecule has 22 heavy (non-hydrogen) atoms. The molecule has 0 bridgehead atoms. The van der Waals surface area contributed by atoms with Gasteiger partial charge in [0.05, 0.1) is 5.92 Å². The summed E-state index contributed by atoms with van der Waals surface area (Å²) < 4.78 is 1.84. The minimum atomic E-state index is -0.727. The average Bonchev–Trinajstić information content (AvgIpc) is 2.98. The molecule has 0 aliphatic heterocycles. The lowest BCUT2D eigenvalue weighted by Crippen LogP contribution is -2.45. The van der Waals surface area contributed by atoms with E-state index >= 15 is 0 Å².